The van der Waals surface area contributed by atoms with Gasteiger partial charge in [0.15, 0.2) is 0 Å². The average molecular weight is 271 g/mol. The minimum absolute atomic E-state index is 0.251. The molecule has 0 unspecified atom stereocenters. The Morgan fingerprint density at radius 3 is 1.68 bits per heavy atom. The van der Waals surface area contributed by atoms with Gasteiger partial charge in [0, 0.05) is 5.54 Å². The van der Waals surface area contributed by atoms with Crippen molar-refractivity contribution in [3.05, 3.63) is 0 Å². The standard InChI is InChI=1S/C17H38N2/c1-15(2)9-13-19(14-10-16(3)4)12-8-11-18-17(5,6)7/h15-16,18H,8-14H2,1-7H3. The van der Waals surface area contributed by atoms with E-state index in [0.717, 1.165) is 18.4 Å². The zero-order valence-corrected chi connectivity index (χ0v) is 14.6. The van der Waals surface area contributed by atoms with Crippen LogP contribution in [0.5, 0.6) is 0 Å². The van der Waals surface area contributed by atoms with Crippen molar-refractivity contribution in [3.63, 3.8) is 0 Å². The summed E-state index contributed by atoms with van der Waals surface area (Å²) < 4.78 is 0. The molecule has 0 fully saturated rings. The quantitative estimate of drug-likeness (QED) is 0.600. The normalized spacial score (nSPS) is 12.9. The summed E-state index contributed by atoms with van der Waals surface area (Å²) in [5.74, 6) is 1.63. The molecular formula is C17H38N2. The highest BCUT2D eigenvalue weighted by molar-refractivity contribution is 4.70. The van der Waals surface area contributed by atoms with E-state index >= 15 is 0 Å². The van der Waals surface area contributed by atoms with Crippen molar-refractivity contribution >= 4 is 0 Å². The van der Waals surface area contributed by atoms with Crippen molar-refractivity contribution < 1.29 is 0 Å². The van der Waals surface area contributed by atoms with Gasteiger partial charge in [0.05, 0.1) is 0 Å². The molecule has 0 heterocycles. The highest BCUT2D eigenvalue weighted by atomic mass is 15.1. The number of hydrogen-bond acceptors (Lipinski definition) is 2. The van der Waals surface area contributed by atoms with Crippen LogP contribution in [0.4, 0.5) is 0 Å². The van der Waals surface area contributed by atoms with Crippen molar-refractivity contribution in [1.82, 2.24) is 10.2 Å². The van der Waals surface area contributed by atoms with Gasteiger partial charge in [0.2, 0.25) is 0 Å². The van der Waals surface area contributed by atoms with Crippen LogP contribution in [0.3, 0.4) is 0 Å². The van der Waals surface area contributed by atoms with Gasteiger partial charge in [-0.1, -0.05) is 27.7 Å². The van der Waals surface area contributed by atoms with Crippen LogP contribution >= 0.6 is 0 Å². The molecule has 0 atom stereocenters. The second kappa shape index (κ2) is 9.77. The smallest absolute Gasteiger partial charge is 0.00965 e. The first-order valence-electron chi connectivity index (χ1n) is 8.18. The largest absolute Gasteiger partial charge is 0.312 e. The van der Waals surface area contributed by atoms with E-state index in [1.807, 2.05) is 0 Å². The molecule has 19 heavy (non-hydrogen) atoms. The Morgan fingerprint density at radius 1 is 0.842 bits per heavy atom. The van der Waals surface area contributed by atoms with Crippen LogP contribution < -0.4 is 5.32 Å². The van der Waals surface area contributed by atoms with Gasteiger partial charge in [-0.3, -0.25) is 0 Å². The Balaban J connectivity index is 3.90. The Hall–Kier alpha value is -0.0800. The van der Waals surface area contributed by atoms with Crippen molar-refractivity contribution in [2.24, 2.45) is 11.8 Å². The maximum atomic E-state index is 3.58. The first kappa shape index (κ1) is 18.9. The molecule has 0 aliphatic rings. The molecule has 0 aromatic heterocycles. The molecule has 2 nitrogen and oxygen atoms in total. The molecule has 0 saturated heterocycles. The number of nitrogens with zero attached hydrogens (tertiary/aromatic N) is 1. The molecule has 0 bridgehead atoms. The SMILES string of the molecule is CC(C)CCN(CCCNC(C)(C)C)CCC(C)C. The lowest BCUT2D eigenvalue weighted by Gasteiger charge is -2.26. The molecule has 0 aromatic carbocycles. The van der Waals surface area contributed by atoms with Crippen molar-refractivity contribution in [2.45, 2.75) is 73.3 Å². The fourth-order valence-electron chi connectivity index (χ4n) is 1.98. The number of hydrogen-bond donors (Lipinski definition) is 1. The highest BCUT2D eigenvalue weighted by Crippen LogP contribution is 2.07. The van der Waals surface area contributed by atoms with Gasteiger partial charge in [-0.25, -0.2) is 0 Å². The first-order chi connectivity index (χ1) is 8.70. The first-order valence-corrected chi connectivity index (χ1v) is 8.18. The molecule has 2 heteroatoms. The fraction of sp³-hybridized carbons (Fsp3) is 1.00. The Kier molecular flexibility index (Phi) is 9.72. The van der Waals surface area contributed by atoms with Crippen LogP contribution in [0.25, 0.3) is 0 Å². The van der Waals surface area contributed by atoms with Gasteiger partial charge in [-0.15, -0.1) is 0 Å². The predicted molar refractivity (Wildman–Crippen MR) is 87.7 cm³/mol. The molecule has 0 radical (unpaired) electrons. The monoisotopic (exact) mass is 270 g/mol. The molecule has 0 aliphatic heterocycles. The third-order valence-electron chi connectivity index (χ3n) is 3.35. The molecule has 0 amide bonds. The Labute approximate surface area is 122 Å². The van der Waals surface area contributed by atoms with Crippen molar-refractivity contribution in [2.75, 3.05) is 26.2 Å². The summed E-state index contributed by atoms with van der Waals surface area (Å²) in [6.07, 6.45) is 3.91. The summed E-state index contributed by atoms with van der Waals surface area (Å²) in [5, 5.41) is 3.58. The fourth-order valence-corrected chi connectivity index (χ4v) is 1.98. The molecule has 0 aromatic rings. The lowest BCUT2D eigenvalue weighted by molar-refractivity contribution is 0.237. The zero-order chi connectivity index (χ0) is 14.9. The zero-order valence-electron chi connectivity index (χ0n) is 14.6. The lowest BCUT2D eigenvalue weighted by Crippen LogP contribution is -2.38. The summed E-state index contributed by atoms with van der Waals surface area (Å²) >= 11 is 0. The lowest BCUT2D eigenvalue weighted by atomic mass is 10.1. The minimum Gasteiger partial charge on any atom is -0.312 e. The molecule has 0 saturated carbocycles. The summed E-state index contributed by atoms with van der Waals surface area (Å²) in [6.45, 7) is 20.9. The molecular weight excluding hydrogens is 232 g/mol. The third kappa shape index (κ3) is 14.1. The van der Waals surface area contributed by atoms with Crippen LogP contribution in [0.2, 0.25) is 0 Å². The number of nitrogens with one attached hydrogen (secondary N) is 1. The van der Waals surface area contributed by atoms with E-state index in [4.69, 9.17) is 0 Å². The van der Waals surface area contributed by atoms with Gasteiger partial charge in [0.25, 0.3) is 0 Å². The molecule has 0 spiro atoms. The Morgan fingerprint density at radius 2 is 1.32 bits per heavy atom. The number of rotatable bonds is 10. The van der Waals surface area contributed by atoms with Crippen LogP contribution in [0.1, 0.15) is 67.7 Å². The summed E-state index contributed by atoms with van der Waals surface area (Å²) in [6, 6.07) is 0. The van der Waals surface area contributed by atoms with Gasteiger partial charge in [-0.2, -0.15) is 0 Å². The summed E-state index contributed by atoms with van der Waals surface area (Å²) in [4.78, 5) is 2.66. The minimum atomic E-state index is 0.251. The van der Waals surface area contributed by atoms with Crippen molar-refractivity contribution in [1.29, 1.82) is 0 Å². The van der Waals surface area contributed by atoms with Crippen LogP contribution in [0.15, 0.2) is 0 Å². The van der Waals surface area contributed by atoms with Crippen molar-refractivity contribution in [3.8, 4) is 0 Å². The van der Waals surface area contributed by atoms with E-state index < -0.39 is 0 Å². The third-order valence-corrected chi connectivity index (χ3v) is 3.35. The molecule has 1 N–H and O–H groups in total. The molecule has 0 rings (SSSR count). The van der Waals surface area contributed by atoms with E-state index in [-0.39, 0.29) is 5.54 Å². The summed E-state index contributed by atoms with van der Waals surface area (Å²) in [5.41, 5.74) is 0.251. The van der Waals surface area contributed by atoms with Gasteiger partial charge < -0.3 is 10.2 Å². The van der Waals surface area contributed by atoms with Gasteiger partial charge >= 0.3 is 0 Å². The topological polar surface area (TPSA) is 15.3 Å². The summed E-state index contributed by atoms with van der Waals surface area (Å²) in [7, 11) is 0. The Bertz CT molecular complexity index is 192. The van der Waals surface area contributed by atoms with E-state index in [9.17, 15) is 0 Å². The maximum absolute atomic E-state index is 3.58. The van der Waals surface area contributed by atoms with E-state index in [1.54, 1.807) is 0 Å². The maximum Gasteiger partial charge on any atom is 0.00965 e. The van der Waals surface area contributed by atoms with E-state index in [0.29, 0.717) is 0 Å². The van der Waals surface area contributed by atoms with Gasteiger partial charge in [-0.05, 0) is 78.0 Å². The molecule has 116 valence electrons. The average Bonchev–Trinajstić information content (AvgIpc) is 2.24. The predicted octanol–water partition coefficient (Wildman–Crippen LogP) is 4.16. The second-order valence-corrected chi connectivity index (χ2v) is 7.74. The van der Waals surface area contributed by atoms with Gasteiger partial charge in [0.1, 0.15) is 0 Å². The second-order valence-electron chi connectivity index (χ2n) is 7.74. The van der Waals surface area contributed by atoms with Crippen LogP contribution in [0, 0.1) is 11.8 Å². The highest BCUT2D eigenvalue weighted by Gasteiger charge is 2.10. The molecule has 0 aliphatic carbocycles. The van der Waals surface area contributed by atoms with Crippen LogP contribution in [-0.2, 0) is 0 Å². The van der Waals surface area contributed by atoms with E-state index in [2.05, 4.69) is 58.7 Å². The van der Waals surface area contributed by atoms with E-state index in [1.165, 1.54) is 38.9 Å². The van der Waals surface area contributed by atoms with Crippen LogP contribution in [-0.4, -0.2) is 36.6 Å².